The fourth-order valence-corrected chi connectivity index (χ4v) is 3.28. The van der Waals surface area contributed by atoms with E-state index in [4.69, 9.17) is 4.74 Å². The Bertz CT molecular complexity index is 777. The highest BCUT2D eigenvalue weighted by Gasteiger charge is 2.13. The van der Waals surface area contributed by atoms with Crippen molar-refractivity contribution in [2.24, 2.45) is 0 Å². The van der Waals surface area contributed by atoms with Crippen LogP contribution >= 0.6 is 0 Å². The first-order chi connectivity index (χ1) is 12.7. The Balaban J connectivity index is 1.70. The summed E-state index contributed by atoms with van der Waals surface area (Å²) in [5.74, 6) is 0. The Kier molecular flexibility index (Phi) is 6.64. The van der Waals surface area contributed by atoms with E-state index in [9.17, 15) is 0 Å². The van der Waals surface area contributed by atoms with Gasteiger partial charge in [-0.15, -0.1) is 0 Å². The molecule has 0 saturated heterocycles. The molecular weight excluding hydrogens is 320 g/mol. The molecule has 1 heterocycles. The first-order valence-electron chi connectivity index (χ1n) is 9.30. The summed E-state index contributed by atoms with van der Waals surface area (Å²) in [5, 5.41) is 0. The van der Waals surface area contributed by atoms with Crippen molar-refractivity contribution in [3.05, 3.63) is 95.3 Å². The quantitative estimate of drug-likeness (QED) is 0.629. The van der Waals surface area contributed by atoms with Crippen LogP contribution in [0.1, 0.15) is 22.4 Å². The fourth-order valence-electron chi connectivity index (χ4n) is 3.28. The fraction of sp³-hybridized carbons (Fsp3) is 0.304. The van der Waals surface area contributed by atoms with Crippen LogP contribution in [0, 0.1) is 6.92 Å². The molecule has 2 aromatic carbocycles. The molecule has 1 aromatic heterocycles. The van der Waals surface area contributed by atoms with Gasteiger partial charge in [-0.3, -0.25) is 0 Å². The number of ether oxygens (including phenoxy) is 1. The Morgan fingerprint density at radius 3 is 2.35 bits per heavy atom. The van der Waals surface area contributed by atoms with Crippen molar-refractivity contribution < 1.29 is 9.64 Å². The minimum atomic E-state index is 0.778. The number of benzene rings is 2. The lowest BCUT2D eigenvalue weighted by atomic mass is 10.1. The van der Waals surface area contributed by atoms with Gasteiger partial charge >= 0.3 is 0 Å². The predicted octanol–water partition coefficient (Wildman–Crippen LogP) is 3.08. The van der Waals surface area contributed by atoms with Crippen molar-refractivity contribution in [2.75, 3.05) is 20.3 Å². The normalized spacial score (nSPS) is 12.2. The molecule has 0 fully saturated rings. The van der Waals surface area contributed by atoms with Crippen LogP contribution in [0.5, 0.6) is 0 Å². The zero-order valence-corrected chi connectivity index (χ0v) is 15.8. The van der Waals surface area contributed by atoms with Crippen molar-refractivity contribution in [3.63, 3.8) is 0 Å². The summed E-state index contributed by atoms with van der Waals surface area (Å²) < 4.78 is 7.70. The number of aryl methyl sites for hydroxylation is 1. The van der Waals surface area contributed by atoms with Gasteiger partial charge in [0.1, 0.15) is 19.6 Å². The van der Waals surface area contributed by atoms with Crippen LogP contribution in [0.3, 0.4) is 0 Å². The van der Waals surface area contributed by atoms with Crippen molar-refractivity contribution in [1.29, 1.82) is 0 Å². The number of nitrogens with one attached hydrogen (secondary N) is 1. The highest BCUT2D eigenvalue weighted by atomic mass is 16.5. The molecule has 0 aliphatic rings. The summed E-state index contributed by atoms with van der Waals surface area (Å²) >= 11 is 0. The summed E-state index contributed by atoms with van der Waals surface area (Å²) in [6, 6.07) is 23.9. The molecule has 3 nitrogen and oxygen atoms in total. The molecule has 0 radical (unpaired) electrons. The molecule has 0 aliphatic heterocycles. The van der Waals surface area contributed by atoms with E-state index in [1.165, 1.54) is 27.3 Å². The van der Waals surface area contributed by atoms with E-state index in [2.05, 4.69) is 84.4 Å². The predicted molar refractivity (Wildman–Crippen MR) is 106 cm³/mol. The lowest BCUT2D eigenvalue weighted by Gasteiger charge is -2.20. The number of rotatable bonds is 9. The summed E-state index contributed by atoms with van der Waals surface area (Å²) in [6.45, 7) is 6.85. The number of quaternary nitrogens is 1. The molecule has 26 heavy (non-hydrogen) atoms. The van der Waals surface area contributed by atoms with Gasteiger partial charge in [0.25, 0.3) is 0 Å². The largest absolute Gasteiger partial charge is 0.379 e. The molecule has 3 rings (SSSR count). The average Bonchev–Trinajstić information content (AvgIpc) is 3.09. The van der Waals surface area contributed by atoms with E-state index >= 15 is 0 Å². The third-order valence-corrected chi connectivity index (χ3v) is 4.78. The lowest BCUT2D eigenvalue weighted by Crippen LogP contribution is -3.10. The van der Waals surface area contributed by atoms with E-state index in [1.807, 2.05) is 0 Å². The first kappa shape index (κ1) is 18.4. The van der Waals surface area contributed by atoms with Crippen LogP contribution < -0.4 is 4.90 Å². The lowest BCUT2D eigenvalue weighted by molar-refractivity contribution is -0.928. The molecule has 0 aliphatic carbocycles. The van der Waals surface area contributed by atoms with E-state index in [-0.39, 0.29) is 0 Å². The molecule has 136 valence electrons. The molecule has 1 N–H and O–H groups in total. The maximum Gasteiger partial charge on any atom is 0.118 e. The van der Waals surface area contributed by atoms with Gasteiger partial charge in [0.15, 0.2) is 0 Å². The van der Waals surface area contributed by atoms with Crippen LogP contribution in [-0.4, -0.2) is 24.8 Å². The first-order valence-corrected chi connectivity index (χ1v) is 9.30. The van der Waals surface area contributed by atoms with Crippen molar-refractivity contribution >= 4 is 0 Å². The van der Waals surface area contributed by atoms with Crippen LogP contribution in [0.4, 0.5) is 0 Å². The van der Waals surface area contributed by atoms with Gasteiger partial charge in [0, 0.05) is 25.4 Å². The zero-order chi connectivity index (χ0) is 18.2. The Morgan fingerprint density at radius 1 is 0.846 bits per heavy atom. The maximum atomic E-state index is 5.35. The molecule has 1 atom stereocenters. The zero-order valence-electron chi connectivity index (χ0n) is 15.8. The third-order valence-electron chi connectivity index (χ3n) is 4.78. The second kappa shape index (κ2) is 9.37. The monoisotopic (exact) mass is 349 g/mol. The van der Waals surface area contributed by atoms with E-state index in [1.54, 1.807) is 7.11 Å². The molecule has 0 saturated carbocycles. The number of nitrogens with zero attached hydrogens (tertiary/aromatic N) is 1. The third kappa shape index (κ3) is 5.32. The van der Waals surface area contributed by atoms with E-state index < -0.39 is 0 Å². The van der Waals surface area contributed by atoms with Gasteiger partial charge in [-0.1, -0.05) is 60.2 Å². The summed E-state index contributed by atoms with van der Waals surface area (Å²) in [7, 11) is 1.78. The summed E-state index contributed by atoms with van der Waals surface area (Å²) in [4.78, 5) is 1.52. The topological polar surface area (TPSA) is 18.6 Å². The highest BCUT2D eigenvalue weighted by molar-refractivity contribution is 5.20. The van der Waals surface area contributed by atoms with Crippen LogP contribution in [-0.2, 0) is 24.4 Å². The van der Waals surface area contributed by atoms with Crippen LogP contribution in [0.15, 0.2) is 72.9 Å². The molecule has 0 bridgehead atoms. The second-order valence-corrected chi connectivity index (χ2v) is 6.94. The van der Waals surface area contributed by atoms with Gasteiger partial charge in [0.2, 0.25) is 0 Å². The van der Waals surface area contributed by atoms with Crippen LogP contribution in [0.25, 0.3) is 0 Å². The molecule has 0 spiro atoms. The smallest absolute Gasteiger partial charge is 0.118 e. The number of hydrogen-bond donors (Lipinski definition) is 1. The Labute approximate surface area is 156 Å². The minimum absolute atomic E-state index is 0.778. The van der Waals surface area contributed by atoms with Gasteiger partial charge < -0.3 is 14.2 Å². The number of aromatic nitrogens is 1. The average molecular weight is 349 g/mol. The van der Waals surface area contributed by atoms with E-state index in [0.717, 1.165) is 32.8 Å². The second-order valence-electron chi connectivity index (χ2n) is 6.94. The Hall–Kier alpha value is -2.36. The summed E-state index contributed by atoms with van der Waals surface area (Å²) in [5.41, 5.74) is 5.39. The molecule has 3 heteroatoms. The molecule has 3 aromatic rings. The van der Waals surface area contributed by atoms with Crippen molar-refractivity contribution in [3.8, 4) is 0 Å². The van der Waals surface area contributed by atoms with E-state index in [0.29, 0.717) is 0 Å². The maximum absolute atomic E-state index is 5.35. The van der Waals surface area contributed by atoms with Crippen molar-refractivity contribution in [1.82, 2.24) is 4.57 Å². The molecule has 1 unspecified atom stereocenters. The number of methoxy groups -OCH3 is 1. The molecule has 0 amide bonds. The van der Waals surface area contributed by atoms with Crippen molar-refractivity contribution in [2.45, 2.75) is 26.6 Å². The number of hydrogen-bond acceptors (Lipinski definition) is 1. The Morgan fingerprint density at radius 2 is 1.62 bits per heavy atom. The van der Waals surface area contributed by atoms with Gasteiger partial charge in [-0.05, 0) is 24.6 Å². The summed E-state index contributed by atoms with van der Waals surface area (Å²) in [6.07, 6.45) is 2.18. The van der Waals surface area contributed by atoms with Gasteiger partial charge in [-0.25, -0.2) is 0 Å². The van der Waals surface area contributed by atoms with Gasteiger partial charge in [-0.2, -0.15) is 0 Å². The minimum Gasteiger partial charge on any atom is -0.379 e. The van der Waals surface area contributed by atoms with Crippen LogP contribution in [0.2, 0.25) is 0 Å². The van der Waals surface area contributed by atoms with Gasteiger partial charge in [0.05, 0.1) is 12.3 Å². The highest BCUT2D eigenvalue weighted by Crippen LogP contribution is 2.07. The molecular formula is C23H29N2O+. The standard InChI is InChI=1S/C23H28N2O/c1-20-10-12-22(13-11-20)17-24(15-16-26-2)19-23-9-6-14-25(23)18-21-7-4-3-5-8-21/h3-14H,15-19H2,1-2H3/p+1. The SMILES string of the molecule is COCC[NH+](Cc1ccc(C)cc1)Cc1cccn1Cc1ccccc1.